The van der Waals surface area contributed by atoms with E-state index in [9.17, 15) is 4.79 Å². The molecule has 2 aromatic rings. The number of benzene rings is 1. The Hall–Kier alpha value is -2.57. The summed E-state index contributed by atoms with van der Waals surface area (Å²) in [6.07, 6.45) is -0.115. The van der Waals surface area contributed by atoms with E-state index in [2.05, 4.69) is 20.3 Å². The number of hydrogen-bond donors (Lipinski definition) is 1. The minimum Gasteiger partial charge on any atom is -0.485 e. The Balaban J connectivity index is 1.70. The average Bonchev–Trinajstić information content (AvgIpc) is 2.94. The highest BCUT2D eigenvalue weighted by Crippen LogP contribution is 2.31. The quantitative estimate of drug-likeness (QED) is 0.911. The first kappa shape index (κ1) is 12.5. The first-order valence-corrected chi connectivity index (χ1v) is 6.28. The lowest BCUT2D eigenvalue weighted by atomic mass is 10.2. The van der Waals surface area contributed by atoms with E-state index in [1.807, 2.05) is 19.1 Å². The van der Waals surface area contributed by atoms with Crippen molar-refractivity contribution in [2.24, 2.45) is 0 Å². The van der Waals surface area contributed by atoms with Crippen LogP contribution >= 0.6 is 0 Å². The Kier molecular flexibility index (Phi) is 3.24. The fraction of sp³-hybridized carbons (Fsp3) is 0.308. The van der Waals surface area contributed by atoms with E-state index in [1.54, 1.807) is 12.1 Å². The fourth-order valence-electron chi connectivity index (χ4n) is 1.88. The number of rotatable bonds is 3. The molecule has 7 nitrogen and oxygen atoms in total. The SMILES string of the molecule is CCc1nonc1NC(=O)[C@H]1COc2ccccc2O1. The second-order valence-electron chi connectivity index (χ2n) is 4.27. The fourth-order valence-corrected chi connectivity index (χ4v) is 1.88. The van der Waals surface area contributed by atoms with Gasteiger partial charge in [-0.15, -0.1) is 0 Å². The van der Waals surface area contributed by atoms with Gasteiger partial charge < -0.3 is 14.8 Å². The molecule has 1 aliphatic rings. The zero-order valence-corrected chi connectivity index (χ0v) is 10.8. The van der Waals surface area contributed by atoms with Gasteiger partial charge in [-0.2, -0.15) is 0 Å². The van der Waals surface area contributed by atoms with Gasteiger partial charge in [-0.1, -0.05) is 24.2 Å². The number of nitrogens with one attached hydrogen (secondary N) is 1. The van der Waals surface area contributed by atoms with Crippen LogP contribution in [0.25, 0.3) is 0 Å². The topological polar surface area (TPSA) is 86.5 Å². The highest BCUT2D eigenvalue weighted by molar-refractivity contribution is 5.94. The van der Waals surface area contributed by atoms with Crippen LogP contribution in [-0.4, -0.2) is 28.9 Å². The molecule has 1 aromatic carbocycles. The maximum absolute atomic E-state index is 12.1. The molecule has 1 aromatic heterocycles. The van der Waals surface area contributed by atoms with Crippen molar-refractivity contribution >= 4 is 11.7 Å². The van der Waals surface area contributed by atoms with Gasteiger partial charge in [0.25, 0.3) is 5.91 Å². The third-order valence-corrected chi connectivity index (χ3v) is 2.93. The van der Waals surface area contributed by atoms with Gasteiger partial charge in [0.1, 0.15) is 12.3 Å². The van der Waals surface area contributed by atoms with Crippen molar-refractivity contribution in [3.8, 4) is 11.5 Å². The molecule has 1 N–H and O–H groups in total. The monoisotopic (exact) mass is 275 g/mol. The molecule has 7 heteroatoms. The number of fused-ring (bicyclic) bond motifs is 1. The number of carbonyl (C=O) groups excluding carboxylic acids is 1. The Bertz CT molecular complexity index is 626. The van der Waals surface area contributed by atoms with Crippen LogP contribution < -0.4 is 14.8 Å². The smallest absolute Gasteiger partial charge is 0.270 e. The zero-order valence-electron chi connectivity index (χ0n) is 10.8. The number of aromatic nitrogens is 2. The predicted molar refractivity (Wildman–Crippen MR) is 68.7 cm³/mol. The van der Waals surface area contributed by atoms with Crippen LogP contribution in [0.3, 0.4) is 0 Å². The van der Waals surface area contributed by atoms with E-state index in [0.29, 0.717) is 29.4 Å². The minimum absolute atomic E-state index is 0.148. The summed E-state index contributed by atoms with van der Waals surface area (Å²) in [7, 11) is 0. The first-order chi connectivity index (χ1) is 9.78. The summed E-state index contributed by atoms with van der Waals surface area (Å²) in [6.45, 7) is 2.04. The van der Waals surface area contributed by atoms with Crippen LogP contribution in [0.1, 0.15) is 12.6 Å². The lowest BCUT2D eigenvalue weighted by Gasteiger charge is -2.25. The van der Waals surface area contributed by atoms with Crippen LogP contribution in [0.4, 0.5) is 5.82 Å². The minimum atomic E-state index is -0.730. The summed E-state index contributed by atoms with van der Waals surface area (Å²) in [5, 5.41) is 9.98. The van der Waals surface area contributed by atoms with Crippen molar-refractivity contribution in [2.75, 3.05) is 11.9 Å². The van der Waals surface area contributed by atoms with Crippen LogP contribution in [-0.2, 0) is 11.2 Å². The van der Waals surface area contributed by atoms with Crippen molar-refractivity contribution in [1.82, 2.24) is 10.3 Å². The van der Waals surface area contributed by atoms with E-state index in [-0.39, 0.29) is 12.5 Å². The van der Waals surface area contributed by atoms with Gasteiger partial charge in [0, 0.05) is 0 Å². The molecular weight excluding hydrogens is 262 g/mol. The molecule has 1 amide bonds. The van der Waals surface area contributed by atoms with Crippen LogP contribution in [0, 0.1) is 0 Å². The molecule has 0 unspecified atom stereocenters. The number of carbonyl (C=O) groups is 1. The molecule has 0 bridgehead atoms. The number of anilines is 1. The van der Waals surface area contributed by atoms with Gasteiger partial charge in [-0.25, -0.2) is 4.63 Å². The van der Waals surface area contributed by atoms with Crippen molar-refractivity contribution in [3.05, 3.63) is 30.0 Å². The zero-order chi connectivity index (χ0) is 13.9. The average molecular weight is 275 g/mol. The maximum Gasteiger partial charge on any atom is 0.270 e. The second-order valence-corrected chi connectivity index (χ2v) is 4.27. The van der Waals surface area contributed by atoms with Crippen molar-refractivity contribution < 1.29 is 18.9 Å². The van der Waals surface area contributed by atoms with E-state index < -0.39 is 6.10 Å². The molecule has 0 spiro atoms. The summed E-state index contributed by atoms with van der Waals surface area (Å²) in [5.74, 6) is 1.16. The van der Waals surface area contributed by atoms with E-state index in [0.717, 1.165) is 0 Å². The molecule has 0 saturated carbocycles. The van der Waals surface area contributed by atoms with E-state index >= 15 is 0 Å². The molecule has 20 heavy (non-hydrogen) atoms. The van der Waals surface area contributed by atoms with Crippen LogP contribution in [0.2, 0.25) is 0 Å². The lowest BCUT2D eigenvalue weighted by Crippen LogP contribution is -2.40. The summed E-state index contributed by atoms with van der Waals surface area (Å²) in [5.41, 5.74) is 0.593. The highest BCUT2D eigenvalue weighted by atomic mass is 16.6. The number of nitrogens with zero attached hydrogens (tertiary/aromatic N) is 2. The molecular formula is C13H13N3O4. The maximum atomic E-state index is 12.1. The normalized spacial score (nSPS) is 16.8. The molecule has 104 valence electrons. The Morgan fingerprint density at radius 3 is 2.95 bits per heavy atom. The highest BCUT2D eigenvalue weighted by Gasteiger charge is 2.28. The first-order valence-electron chi connectivity index (χ1n) is 6.28. The van der Waals surface area contributed by atoms with Gasteiger partial charge in [0.05, 0.1) is 0 Å². The Morgan fingerprint density at radius 2 is 2.15 bits per heavy atom. The van der Waals surface area contributed by atoms with Crippen molar-refractivity contribution in [2.45, 2.75) is 19.4 Å². The van der Waals surface area contributed by atoms with Gasteiger partial charge in [0.15, 0.2) is 11.5 Å². The standard InChI is InChI=1S/C13H13N3O4/c1-2-8-12(16-20-15-8)14-13(17)11-7-18-9-5-3-4-6-10(9)19-11/h3-6,11H,2,7H2,1H3,(H,14,16,17)/t11-/m1/s1. The third-order valence-electron chi connectivity index (χ3n) is 2.93. The second kappa shape index (κ2) is 5.20. The number of amides is 1. The Labute approximate surface area is 114 Å². The molecule has 3 rings (SSSR count). The van der Waals surface area contributed by atoms with Crippen molar-refractivity contribution in [1.29, 1.82) is 0 Å². The lowest BCUT2D eigenvalue weighted by molar-refractivity contribution is -0.125. The summed E-state index contributed by atoms with van der Waals surface area (Å²) in [4.78, 5) is 12.1. The molecule has 0 saturated heterocycles. The summed E-state index contributed by atoms with van der Waals surface area (Å²) >= 11 is 0. The van der Waals surface area contributed by atoms with Crippen LogP contribution in [0.15, 0.2) is 28.9 Å². The van der Waals surface area contributed by atoms with Gasteiger partial charge in [0.2, 0.25) is 11.9 Å². The number of aryl methyl sites for hydroxylation is 1. The molecule has 0 fully saturated rings. The van der Waals surface area contributed by atoms with Gasteiger partial charge in [-0.3, -0.25) is 4.79 Å². The van der Waals surface area contributed by atoms with Gasteiger partial charge in [-0.05, 0) is 23.7 Å². The van der Waals surface area contributed by atoms with E-state index in [1.165, 1.54) is 0 Å². The Morgan fingerprint density at radius 1 is 1.35 bits per heavy atom. The number of hydrogen-bond acceptors (Lipinski definition) is 6. The summed E-state index contributed by atoms with van der Waals surface area (Å²) in [6, 6.07) is 7.21. The van der Waals surface area contributed by atoms with E-state index in [4.69, 9.17) is 9.47 Å². The largest absolute Gasteiger partial charge is 0.485 e. The van der Waals surface area contributed by atoms with Gasteiger partial charge >= 0.3 is 0 Å². The molecule has 1 atom stereocenters. The van der Waals surface area contributed by atoms with Crippen molar-refractivity contribution in [3.63, 3.8) is 0 Å². The number of ether oxygens (including phenoxy) is 2. The number of para-hydroxylation sites is 2. The molecule has 0 aliphatic carbocycles. The summed E-state index contributed by atoms with van der Waals surface area (Å²) < 4.78 is 15.7. The predicted octanol–water partition coefficient (Wildman–Crippen LogP) is 1.41. The third kappa shape index (κ3) is 2.29. The molecule has 0 radical (unpaired) electrons. The molecule has 1 aliphatic heterocycles. The molecule has 2 heterocycles. The van der Waals surface area contributed by atoms with Crippen LogP contribution in [0.5, 0.6) is 11.5 Å².